The molecule has 1 aliphatic rings. The zero-order valence-corrected chi connectivity index (χ0v) is 12.5. The molecule has 120 valence electrons. The van der Waals surface area contributed by atoms with E-state index in [4.69, 9.17) is 15.2 Å². The maximum absolute atomic E-state index is 11.9. The number of amides is 2. The topological polar surface area (TPSA) is 103 Å². The minimum atomic E-state index is -0.719. The third-order valence-corrected chi connectivity index (χ3v) is 3.33. The molecule has 1 heterocycles. The molecule has 0 spiro atoms. The van der Waals surface area contributed by atoms with Gasteiger partial charge >= 0.3 is 0 Å². The van der Waals surface area contributed by atoms with E-state index in [2.05, 4.69) is 10.6 Å². The zero-order valence-electron chi connectivity index (χ0n) is 12.5. The third-order valence-electron chi connectivity index (χ3n) is 3.33. The Bertz CT molecular complexity index is 512. The van der Waals surface area contributed by atoms with Crippen molar-refractivity contribution in [3.8, 4) is 0 Å². The van der Waals surface area contributed by atoms with E-state index in [9.17, 15) is 9.59 Å². The summed E-state index contributed by atoms with van der Waals surface area (Å²) >= 11 is 0. The number of carbonyl (C=O) groups excluding carboxylic acids is 2. The zero-order chi connectivity index (χ0) is 15.9. The lowest BCUT2D eigenvalue weighted by molar-refractivity contribution is -0.124. The first-order valence-corrected chi connectivity index (χ1v) is 7.18. The standard InChI is InChI=1S/C15H21N3O4/c1-21-9-12(16)14(19)17-10-4-6-11(7-5-10)18-15(20)13-3-2-8-22-13/h4-7,12-13H,2-3,8-9,16H2,1H3,(H,17,19)(H,18,20). The SMILES string of the molecule is COCC(N)C(=O)Nc1ccc(NC(=O)C2CCCO2)cc1. The van der Waals surface area contributed by atoms with E-state index < -0.39 is 6.04 Å². The molecule has 2 atom stereocenters. The molecule has 7 heteroatoms. The molecule has 0 bridgehead atoms. The number of nitrogens with two attached hydrogens (primary N) is 1. The summed E-state index contributed by atoms with van der Waals surface area (Å²) in [5.41, 5.74) is 6.89. The van der Waals surface area contributed by atoms with Gasteiger partial charge in [0.25, 0.3) is 5.91 Å². The fraction of sp³-hybridized carbons (Fsp3) is 0.467. The summed E-state index contributed by atoms with van der Waals surface area (Å²) in [6, 6.07) is 6.10. The molecule has 1 aromatic rings. The summed E-state index contributed by atoms with van der Waals surface area (Å²) in [6.07, 6.45) is 1.29. The molecule has 4 N–H and O–H groups in total. The van der Waals surface area contributed by atoms with Crippen LogP contribution in [0.25, 0.3) is 0 Å². The molecule has 2 rings (SSSR count). The lowest BCUT2D eigenvalue weighted by atomic mass is 10.2. The second kappa shape index (κ2) is 7.88. The van der Waals surface area contributed by atoms with Crippen LogP contribution < -0.4 is 16.4 Å². The maximum Gasteiger partial charge on any atom is 0.253 e. The van der Waals surface area contributed by atoms with Gasteiger partial charge in [-0.2, -0.15) is 0 Å². The Morgan fingerprint density at radius 2 is 1.95 bits per heavy atom. The highest BCUT2D eigenvalue weighted by atomic mass is 16.5. The van der Waals surface area contributed by atoms with Gasteiger partial charge in [0.1, 0.15) is 12.1 Å². The van der Waals surface area contributed by atoms with Gasteiger partial charge in [-0.1, -0.05) is 0 Å². The Hall–Kier alpha value is -1.96. The van der Waals surface area contributed by atoms with Crippen molar-refractivity contribution in [2.24, 2.45) is 5.73 Å². The monoisotopic (exact) mass is 307 g/mol. The molecule has 2 amide bonds. The van der Waals surface area contributed by atoms with E-state index in [1.807, 2.05) is 0 Å². The fourth-order valence-electron chi connectivity index (χ4n) is 2.13. The summed E-state index contributed by atoms with van der Waals surface area (Å²) < 4.78 is 10.1. The number of anilines is 2. The summed E-state index contributed by atoms with van der Waals surface area (Å²) in [6.45, 7) is 0.784. The molecular formula is C15H21N3O4. The molecule has 0 saturated carbocycles. The van der Waals surface area contributed by atoms with Gasteiger partial charge in [0.05, 0.1) is 6.61 Å². The van der Waals surface area contributed by atoms with Gasteiger partial charge in [0.15, 0.2) is 0 Å². The van der Waals surface area contributed by atoms with Crippen molar-refractivity contribution in [3.05, 3.63) is 24.3 Å². The third kappa shape index (κ3) is 4.52. The number of hydrogen-bond donors (Lipinski definition) is 3. The van der Waals surface area contributed by atoms with Crippen LogP contribution in [0, 0.1) is 0 Å². The highest BCUT2D eigenvalue weighted by Crippen LogP contribution is 2.17. The van der Waals surface area contributed by atoms with Crippen LogP contribution in [-0.4, -0.2) is 44.3 Å². The first kappa shape index (κ1) is 16.4. The number of carbonyl (C=O) groups is 2. The van der Waals surface area contributed by atoms with E-state index in [1.54, 1.807) is 24.3 Å². The first-order valence-electron chi connectivity index (χ1n) is 7.18. The van der Waals surface area contributed by atoms with Crippen LogP contribution in [0.4, 0.5) is 11.4 Å². The van der Waals surface area contributed by atoms with E-state index >= 15 is 0 Å². The van der Waals surface area contributed by atoms with Crippen molar-refractivity contribution in [2.45, 2.75) is 25.0 Å². The van der Waals surface area contributed by atoms with Gasteiger partial charge < -0.3 is 25.8 Å². The average molecular weight is 307 g/mol. The smallest absolute Gasteiger partial charge is 0.253 e. The Balaban J connectivity index is 1.87. The highest BCUT2D eigenvalue weighted by molar-refractivity contribution is 5.96. The van der Waals surface area contributed by atoms with Crippen molar-refractivity contribution in [3.63, 3.8) is 0 Å². The molecule has 1 aromatic carbocycles. The van der Waals surface area contributed by atoms with Crippen molar-refractivity contribution < 1.29 is 19.1 Å². The Kier molecular flexibility index (Phi) is 5.88. The van der Waals surface area contributed by atoms with Gasteiger partial charge in [0.2, 0.25) is 5.91 Å². The van der Waals surface area contributed by atoms with Gasteiger partial charge in [-0.25, -0.2) is 0 Å². The van der Waals surface area contributed by atoms with Gasteiger partial charge in [0, 0.05) is 25.1 Å². The molecule has 1 saturated heterocycles. The molecular weight excluding hydrogens is 286 g/mol. The number of nitrogens with one attached hydrogen (secondary N) is 2. The van der Waals surface area contributed by atoms with Crippen LogP contribution >= 0.6 is 0 Å². The number of benzene rings is 1. The van der Waals surface area contributed by atoms with Crippen molar-refractivity contribution in [1.29, 1.82) is 0 Å². The van der Waals surface area contributed by atoms with E-state index in [0.717, 1.165) is 12.8 Å². The number of ether oxygens (including phenoxy) is 2. The van der Waals surface area contributed by atoms with Crippen LogP contribution in [0.1, 0.15) is 12.8 Å². The second-order valence-corrected chi connectivity index (χ2v) is 5.12. The molecule has 22 heavy (non-hydrogen) atoms. The van der Waals surface area contributed by atoms with Crippen LogP contribution in [0.3, 0.4) is 0 Å². The van der Waals surface area contributed by atoms with Crippen molar-refractivity contribution >= 4 is 23.2 Å². The molecule has 7 nitrogen and oxygen atoms in total. The Morgan fingerprint density at radius 3 is 2.50 bits per heavy atom. The van der Waals surface area contributed by atoms with E-state index in [1.165, 1.54) is 7.11 Å². The predicted octanol–water partition coefficient (Wildman–Crippen LogP) is 0.716. The van der Waals surface area contributed by atoms with E-state index in [-0.39, 0.29) is 24.5 Å². The minimum absolute atomic E-state index is 0.142. The summed E-state index contributed by atoms with van der Waals surface area (Å²) in [4.78, 5) is 23.6. The lowest BCUT2D eigenvalue weighted by Gasteiger charge is -2.13. The number of hydrogen-bond acceptors (Lipinski definition) is 5. The predicted molar refractivity (Wildman–Crippen MR) is 82.5 cm³/mol. The number of methoxy groups -OCH3 is 1. The lowest BCUT2D eigenvalue weighted by Crippen LogP contribution is -2.39. The fourth-order valence-corrected chi connectivity index (χ4v) is 2.13. The second-order valence-electron chi connectivity index (χ2n) is 5.12. The van der Waals surface area contributed by atoms with Crippen molar-refractivity contribution in [2.75, 3.05) is 31.0 Å². The maximum atomic E-state index is 11.9. The summed E-state index contributed by atoms with van der Waals surface area (Å²) in [5, 5.41) is 5.47. The highest BCUT2D eigenvalue weighted by Gasteiger charge is 2.23. The molecule has 2 unspecified atom stereocenters. The van der Waals surface area contributed by atoms with Gasteiger partial charge in [-0.05, 0) is 37.1 Å². The molecule has 0 aromatic heterocycles. The Morgan fingerprint density at radius 1 is 1.32 bits per heavy atom. The Labute approximate surface area is 129 Å². The molecule has 0 radical (unpaired) electrons. The summed E-state index contributed by atoms with van der Waals surface area (Å²) in [5.74, 6) is -0.464. The quantitative estimate of drug-likeness (QED) is 0.718. The largest absolute Gasteiger partial charge is 0.383 e. The number of rotatable bonds is 6. The summed E-state index contributed by atoms with van der Waals surface area (Å²) in [7, 11) is 1.48. The van der Waals surface area contributed by atoms with E-state index in [0.29, 0.717) is 18.0 Å². The molecule has 1 aliphatic heterocycles. The molecule has 0 aliphatic carbocycles. The van der Waals surface area contributed by atoms with Crippen LogP contribution in [0.5, 0.6) is 0 Å². The minimum Gasteiger partial charge on any atom is -0.383 e. The normalized spacial score (nSPS) is 18.7. The van der Waals surface area contributed by atoms with Crippen LogP contribution in [0.2, 0.25) is 0 Å². The van der Waals surface area contributed by atoms with Gasteiger partial charge in [-0.15, -0.1) is 0 Å². The van der Waals surface area contributed by atoms with Crippen LogP contribution in [-0.2, 0) is 19.1 Å². The molecule has 1 fully saturated rings. The first-order chi connectivity index (χ1) is 10.6. The van der Waals surface area contributed by atoms with Crippen molar-refractivity contribution in [1.82, 2.24) is 0 Å². The average Bonchev–Trinajstić information content (AvgIpc) is 3.04. The van der Waals surface area contributed by atoms with Crippen LogP contribution in [0.15, 0.2) is 24.3 Å². The van der Waals surface area contributed by atoms with Gasteiger partial charge in [-0.3, -0.25) is 9.59 Å².